The number of aromatic nitrogens is 3. The SMILES string of the molecule is COc1ccc(-c2cccc(C(=O)NCc3cccnc3)n2)cn1. The topological polar surface area (TPSA) is 77.0 Å². The molecule has 0 aliphatic carbocycles. The average Bonchev–Trinajstić information content (AvgIpc) is 2.67. The Kier molecular flexibility index (Phi) is 4.76. The number of nitrogens with zero attached hydrogens (tertiary/aromatic N) is 3. The molecule has 24 heavy (non-hydrogen) atoms. The number of ether oxygens (including phenoxy) is 1. The number of pyridine rings is 3. The second-order valence-electron chi connectivity index (χ2n) is 5.04. The van der Waals surface area contributed by atoms with Gasteiger partial charge in [0.05, 0.1) is 12.8 Å². The van der Waals surface area contributed by atoms with Crippen molar-refractivity contribution in [1.29, 1.82) is 0 Å². The number of amides is 1. The lowest BCUT2D eigenvalue weighted by atomic mass is 10.2. The summed E-state index contributed by atoms with van der Waals surface area (Å²) in [6.45, 7) is 0.405. The van der Waals surface area contributed by atoms with Crippen molar-refractivity contribution in [2.45, 2.75) is 6.54 Å². The monoisotopic (exact) mass is 320 g/mol. The third-order valence-corrected chi connectivity index (χ3v) is 3.40. The fourth-order valence-electron chi connectivity index (χ4n) is 2.15. The first kappa shape index (κ1) is 15.6. The number of methoxy groups -OCH3 is 1. The second kappa shape index (κ2) is 7.32. The fourth-order valence-corrected chi connectivity index (χ4v) is 2.15. The van der Waals surface area contributed by atoms with Gasteiger partial charge in [0.2, 0.25) is 5.88 Å². The summed E-state index contributed by atoms with van der Waals surface area (Å²) in [6.07, 6.45) is 5.07. The molecule has 0 fully saturated rings. The maximum absolute atomic E-state index is 12.3. The first-order chi connectivity index (χ1) is 11.8. The molecule has 0 aliphatic rings. The van der Waals surface area contributed by atoms with Crippen LogP contribution in [0.1, 0.15) is 16.1 Å². The number of carbonyl (C=O) groups is 1. The van der Waals surface area contributed by atoms with Crippen molar-refractivity contribution < 1.29 is 9.53 Å². The van der Waals surface area contributed by atoms with E-state index in [2.05, 4.69) is 20.3 Å². The smallest absolute Gasteiger partial charge is 0.270 e. The largest absolute Gasteiger partial charge is 0.481 e. The zero-order valence-electron chi connectivity index (χ0n) is 13.1. The van der Waals surface area contributed by atoms with Gasteiger partial charge in [0.1, 0.15) is 5.69 Å². The molecule has 3 heterocycles. The number of carbonyl (C=O) groups excluding carboxylic acids is 1. The van der Waals surface area contributed by atoms with Crippen molar-refractivity contribution in [3.63, 3.8) is 0 Å². The van der Waals surface area contributed by atoms with Gasteiger partial charge in [0.15, 0.2) is 0 Å². The Balaban J connectivity index is 1.73. The summed E-state index contributed by atoms with van der Waals surface area (Å²) in [6, 6.07) is 12.7. The Bertz CT molecular complexity index is 820. The van der Waals surface area contributed by atoms with Gasteiger partial charge in [-0.15, -0.1) is 0 Å². The molecule has 0 atom stereocenters. The van der Waals surface area contributed by atoms with E-state index in [0.29, 0.717) is 23.8 Å². The van der Waals surface area contributed by atoms with Crippen LogP contribution in [0.25, 0.3) is 11.3 Å². The highest BCUT2D eigenvalue weighted by Gasteiger charge is 2.09. The van der Waals surface area contributed by atoms with Crippen molar-refractivity contribution in [3.8, 4) is 17.1 Å². The number of nitrogens with one attached hydrogen (secondary N) is 1. The second-order valence-corrected chi connectivity index (χ2v) is 5.04. The molecule has 6 heteroatoms. The Morgan fingerprint density at radius 3 is 2.75 bits per heavy atom. The van der Waals surface area contributed by atoms with Crippen LogP contribution in [-0.2, 0) is 6.54 Å². The lowest BCUT2D eigenvalue weighted by Crippen LogP contribution is -2.23. The van der Waals surface area contributed by atoms with Crippen LogP contribution in [-0.4, -0.2) is 28.0 Å². The van der Waals surface area contributed by atoms with E-state index in [1.807, 2.05) is 24.3 Å². The van der Waals surface area contributed by atoms with Crippen LogP contribution < -0.4 is 10.1 Å². The first-order valence-corrected chi connectivity index (χ1v) is 7.41. The van der Waals surface area contributed by atoms with E-state index in [4.69, 9.17) is 4.74 Å². The van der Waals surface area contributed by atoms with Gasteiger partial charge >= 0.3 is 0 Å². The van der Waals surface area contributed by atoms with Crippen LogP contribution in [0.3, 0.4) is 0 Å². The highest BCUT2D eigenvalue weighted by atomic mass is 16.5. The van der Waals surface area contributed by atoms with Gasteiger partial charge in [-0.3, -0.25) is 9.78 Å². The molecule has 0 bridgehead atoms. The molecule has 0 radical (unpaired) electrons. The summed E-state index contributed by atoms with van der Waals surface area (Å²) < 4.78 is 5.04. The molecule has 1 N–H and O–H groups in total. The van der Waals surface area contributed by atoms with Crippen LogP contribution in [0.15, 0.2) is 61.1 Å². The van der Waals surface area contributed by atoms with Gasteiger partial charge in [-0.05, 0) is 29.8 Å². The molecule has 3 aromatic rings. The van der Waals surface area contributed by atoms with Gasteiger partial charge < -0.3 is 10.1 Å². The molecule has 0 saturated carbocycles. The fraction of sp³-hybridized carbons (Fsp3) is 0.111. The molecule has 0 aromatic carbocycles. The predicted octanol–water partition coefficient (Wildman–Crippen LogP) is 2.48. The van der Waals surface area contributed by atoms with Crippen molar-refractivity contribution in [2.24, 2.45) is 0 Å². The average molecular weight is 320 g/mol. The Hall–Kier alpha value is -3.28. The van der Waals surface area contributed by atoms with Crippen molar-refractivity contribution >= 4 is 5.91 Å². The van der Waals surface area contributed by atoms with Crippen molar-refractivity contribution in [1.82, 2.24) is 20.3 Å². The molecule has 1 amide bonds. The third-order valence-electron chi connectivity index (χ3n) is 3.40. The van der Waals surface area contributed by atoms with E-state index in [1.54, 1.807) is 43.9 Å². The maximum atomic E-state index is 12.3. The molecule has 3 rings (SSSR count). The summed E-state index contributed by atoms with van der Waals surface area (Å²) in [7, 11) is 1.56. The quantitative estimate of drug-likeness (QED) is 0.781. The van der Waals surface area contributed by atoms with Crippen molar-refractivity contribution in [3.05, 3.63) is 72.3 Å². The highest BCUT2D eigenvalue weighted by molar-refractivity contribution is 5.92. The minimum Gasteiger partial charge on any atom is -0.481 e. The molecule has 0 saturated heterocycles. The van der Waals surface area contributed by atoms with Crippen LogP contribution in [0, 0.1) is 0 Å². The lowest BCUT2D eigenvalue weighted by molar-refractivity contribution is 0.0946. The molecule has 0 aliphatic heterocycles. The van der Waals surface area contributed by atoms with Crippen molar-refractivity contribution in [2.75, 3.05) is 7.11 Å². The highest BCUT2D eigenvalue weighted by Crippen LogP contribution is 2.18. The minimum absolute atomic E-state index is 0.234. The molecule has 3 aromatic heterocycles. The van der Waals surface area contributed by atoms with Gasteiger partial charge in [-0.25, -0.2) is 9.97 Å². The van der Waals surface area contributed by atoms with E-state index in [1.165, 1.54) is 0 Å². The minimum atomic E-state index is -0.234. The van der Waals surface area contributed by atoms with E-state index in [0.717, 1.165) is 11.1 Å². The zero-order valence-corrected chi connectivity index (χ0v) is 13.1. The summed E-state index contributed by atoms with van der Waals surface area (Å²) in [5, 5.41) is 2.84. The molecular weight excluding hydrogens is 304 g/mol. The summed E-state index contributed by atoms with van der Waals surface area (Å²) in [4.78, 5) is 24.8. The zero-order chi connectivity index (χ0) is 16.8. The molecule has 0 spiro atoms. The third kappa shape index (κ3) is 3.73. The molecule has 120 valence electrons. The summed E-state index contributed by atoms with van der Waals surface area (Å²) in [5.41, 5.74) is 2.78. The Morgan fingerprint density at radius 1 is 1.12 bits per heavy atom. The number of hydrogen-bond donors (Lipinski definition) is 1. The van der Waals surface area contributed by atoms with E-state index >= 15 is 0 Å². The standard InChI is InChI=1S/C18H16N4O2/c1-24-17-8-7-14(12-20-17)15-5-2-6-16(22-15)18(23)21-11-13-4-3-9-19-10-13/h2-10,12H,11H2,1H3,(H,21,23). The lowest BCUT2D eigenvalue weighted by Gasteiger charge is -2.07. The Morgan fingerprint density at radius 2 is 2.04 bits per heavy atom. The molecular formula is C18H16N4O2. The van der Waals surface area contributed by atoms with Gasteiger partial charge in [-0.2, -0.15) is 0 Å². The maximum Gasteiger partial charge on any atom is 0.270 e. The van der Waals surface area contributed by atoms with E-state index in [-0.39, 0.29) is 5.91 Å². The first-order valence-electron chi connectivity index (χ1n) is 7.41. The Labute approximate surface area is 139 Å². The van der Waals surface area contributed by atoms with Gasteiger partial charge in [-0.1, -0.05) is 12.1 Å². The normalized spacial score (nSPS) is 10.2. The van der Waals surface area contributed by atoms with Crippen LogP contribution in [0.2, 0.25) is 0 Å². The van der Waals surface area contributed by atoms with E-state index < -0.39 is 0 Å². The summed E-state index contributed by atoms with van der Waals surface area (Å²) >= 11 is 0. The molecule has 6 nitrogen and oxygen atoms in total. The van der Waals surface area contributed by atoms with Gasteiger partial charge in [0, 0.05) is 36.8 Å². The van der Waals surface area contributed by atoms with E-state index in [9.17, 15) is 4.79 Å². The van der Waals surface area contributed by atoms with Crippen LogP contribution >= 0.6 is 0 Å². The summed E-state index contributed by atoms with van der Waals surface area (Å²) in [5.74, 6) is 0.297. The number of rotatable bonds is 5. The van der Waals surface area contributed by atoms with Crippen LogP contribution in [0.4, 0.5) is 0 Å². The number of hydrogen-bond acceptors (Lipinski definition) is 5. The van der Waals surface area contributed by atoms with Crippen LogP contribution in [0.5, 0.6) is 5.88 Å². The predicted molar refractivity (Wildman–Crippen MR) is 89.4 cm³/mol. The van der Waals surface area contributed by atoms with Gasteiger partial charge in [0.25, 0.3) is 5.91 Å². The molecule has 0 unspecified atom stereocenters.